The van der Waals surface area contributed by atoms with E-state index >= 15 is 0 Å². The lowest BCUT2D eigenvalue weighted by Crippen LogP contribution is -1.95. The summed E-state index contributed by atoms with van der Waals surface area (Å²) in [6.45, 7) is 0. The predicted octanol–water partition coefficient (Wildman–Crippen LogP) is 2.61. The van der Waals surface area contributed by atoms with Gasteiger partial charge in [0.05, 0.1) is 16.6 Å². The molecule has 0 spiro atoms. The van der Waals surface area contributed by atoms with Crippen LogP contribution in [0.3, 0.4) is 0 Å². The lowest BCUT2D eigenvalue weighted by molar-refractivity contribution is 0.509. The highest BCUT2D eigenvalue weighted by molar-refractivity contribution is 6.33. The molecule has 6 nitrogen and oxygen atoms in total. The van der Waals surface area contributed by atoms with E-state index in [1.807, 2.05) is 0 Å². The Hall–Kier alpha value is -2.61. The van der Waals surface area contributed by atoms with E-state index in [9.17, 15) is 8.78 Å². The molecule has 4 aromatic rings. The summed E-state index contributed by atoms with van der Waals surface area (Å²) in [6.07, 6.45) is 3.09. The van der Waals surface area contributed by atoms with Crippen molar-refractivity contribution in [1.29, 1.82) is 0 Å². The van der Waals surface area contributed by atoms with E-state index in [0.29, 0.717) is 16.7 Å². The largest absolute Gasteiger partial charge is 0.250 e. The van der Waals surface area contributed by atoms with Gasteiger partial charge in [-0.15, -0.1) is 5.10 Å². The van der Waals surface area contributed by atoms with Gasteiger partial charge in [0, 0.05) is 12.6 Å². The number of fused-ring (bicyclic) bond motifs is 3. The number of hydrogen-bond acceptors (Lipinski definition) is 4. The van der Waals surface area contributed by atoms with Crippen molar-refractivity contribution < 1.29 is 8.78 Å². The molecule has 0 aliphatic rings. The number of hydrogen-bond donors (Lipinski definition) is 0. The molecule has 0 fully saturated rings. The first-order valence-electron chi connectivity index (χ1n) is 6.22. The Morgan fingerprint density at radius 2 is 1.91 bits per heavy atom. The molecular weight excluding hydrogens is 314 g/mol. The van der Waals surface area contributed by atoms with Crippen molar-refractivity contribution in [2.75, 3.05) is 0 Å². The van der Waals surface area contributed by atoms with Crippen molar-refractivity contribution in [1.82, 2.24) is 29.4 Å². The number of aryl methyl sites for hydroxylation is 1. The fourth-order valence-electron chi connectivity index (χ4n) is 2.25. The molecule has 9 heteroatoms. The van der Waals surface area contributed by atoms with E-state index < -0.39 is 11.6 Å². The third kappa shape index (κ3) is 1.77. The van der Waals surface area contributed by atoms with Crippen LogP contribution in [0.25, 0.3) is 28.1 Å². The van der Waals surface area contributed by atoms with Gasteiger partial charge in [-0.25, -0.2) is 23.3 Å². The molecule has 0 bridgehead atoms. The van der Waals surface area contributed by atoms with Crippen LogP contribution in [-0.2, 0) is 7.05 Å². The molecule has 1 aromatic carbocycles. The summed E-state index contributed by atoms with van der Waals surface area (Å²) in [7, 11) is 1.76. The molecule has 0 amide bonds. The standard InChI is InChI=1S/C13H7ClF2N6/c1-21-12-7(4-18-21)13-19-11(20-22(13)5-17-12)6-2-9(15)10(16)3-8(6)14/h2-5H,1H3. The van der Waals surface area contributed by atoms with Crippen molar-refractivity contribution in [3.63, 3.8) is 0 Å². The summed E-state index contributed by atoms with van der Waals surface area (Å²) < 4.78 is 29.6. The Morgan fingerprint density at radius 3 is 2.73 bits per heavy atom. The molecule has 0 radical (unpaired) electrons. The molecule has 22 heavy (non-hydrogen) atoms. The van der Waals surface area contributed by atoms with Gasteiger partial charge in [-0.2, -0.15) is 5.10 Å². The van der Waals surface area contributed by atoms with Crippen molar-refractivity contribution >= 4 is 28.3 Å². The van der Waals surface area contributed by atoms with E-state index in [-0.39, 0.29) is 16.4 Å². The molecule has 0 N–H and O–H groups in total. The minimum absolute atomic E-state index is 0.0326. The predicted molar refractivity (Wildman–Crippen MR) is 75.4 cm³/mol. The second kappa shape index (κ2) is 4.44. The van der Waals surface area contributed by atoms with Gasteiger partial charge in [0.25, 0.3) is 0 Å². The van der Waals surface area contributed by atoms with Crippen LogP contribution in [0.2, 0.25) is 5.02 Å². The molecule has 4 rings (SSSR count). The van der Waals surface area contributed by atoms with Crippen LogP contribution < -0.4 is 0 Å². The minimum atomic E-state index is -1.02. The first kappa shape index (κ1) is 13.1. The van der Waals surface area contributed by atoms with Crippen LogP contribution in [-0.4, -0.2) is 29.4 Å². The maximum Gasteiger partial charge on any atom is 0.183 e. The highest BCUT2D eigenvalue weighted by Crippen LogP contribution is 2.29. The Balaban J connectivity index is 2.00. The number of nitrogens with zero attached hydrogens (tertiary/aromatic N) is 6. The Labute approximate surface area is 127 Å². The maximum atomic E-state index is 13.4. The summed E-state index contributed by atoms with van der Waals surface area (Å²) in [6, 6.07) is 1.87. The van der Waals surface area contributed by atoms with Crippen LogP contribution in [0.5, 0.6) is 0 Å². The normalized spacial score (nSPS) is 11.6. The highest BCUT2D eigenvalue weighted by atomic mass is 35.5. The average Bonchev–Trinajstić information content (AvgIpc) is 3.06. The minimum Gasteiger partial charge on any atom is -0.250 e. The van der Waals surface area contributed by atoms with Gasteiger partial charge in [0.15, 0.2) is 28.8 Å². The number of benzene rings is 1. The monoisotopic (exact) mass is 320 g/mol. The van der Waals surface area contributed by atoms with Crippen LogP contribution in [0, 0.1) is 11.6 Å². The van der Waals surface area contributed by atoms with Gasteiger partial charge in [-0.1, -0.05) is 11.6 Å². The second-order valence-corrected chi connectivity index (χ2v) is 5.11. The van der Waals surface area contributed by atoms with E-state index in [1.165, 1.54) is 10.8 Å². The maximum absolute atomic E-state index is 13.4. The second-order valence-electron chi connectivity index (χ2n) is 4.70. The van der Waals surface area contributed by atoms with Gasteiger partial charge < -0.3 is 0 Å². The van der Waals surface area contributed by atoms with Gasteiger partial charge in [-0.3, -0.25) is 4.68 Å². The van der Waals surface area contributed by atoms with E-state index in [1.54, 1.807) is 17.9 Å². The highest BCUT2D eigenvalue weighted by Gasteiger charge is 2.16. The number of halogens is 3. The molecule has 0 unspecified atom stereocenters. The van der Waals surface area contributed by atoms with Gasteiger partial charge in [-0.05, 0) is 12.1 Å². The van der Waals surface area contributed by atoms with E-state index in [0.717, 1.165) is 12.1 Å². The van der Waals surface area contributed by atoms with Crippen LogP contribution in [0.1, 0.15) is 0 Å². The third-order valence-electron chi connectivity index (χ3n) is 3.32. The number of aromatic nitrogens is 6. The van der Waals surface area contributed by atoms with Gasteiger partial charge in [0.2, 0.25) is 0 Å². The van der Waals surface area contributed by atoms with Crippen LogP contribution >= 0.6 is 11.6 Å². The van der Waals surface area contributed by atoms with Crippen molar-refractivity contribution in [3.05, 3.63) is 41.3 Å². The first-order chi connectivity index (χ1) is 10.5. The summed E-state index contributed by atoms with van der Waals surface area (Å²) in [5.74, 6) is -1.85. The number of rotatable bonds is 1. The molecule has 3 aromatic heterocycles. The van der Waals surface area contributed by atoms with Crippen molar-refractivity contribution in [2.45, 2.75) is 0 Å². The zero-order chi connectivity index (χ0) is 15.4. The summed E-state index contributed by atoms with van der Waals surface area (Å²) in [5, 5.41) is 9.04. The van der Waals surface area contributed by atoms with Crippen LogP contribution in [0.4, 0.5) is 8.78 Å². The molecule has 0 saturated heterocycles. The SMILES string of the molecule is Cn1ncc2c1ncn1nc(-c3cc(F)c(F)cc3Cl)nc21. The fraction of sp³-hybridized carbons (Fsp3) is 0.0769. The smallest absolute Gasteiger partial charge is 0.183 e. The Kier molecular flexibility index (Phi) is 2.64. The third-order valence-corrected chi connectivity index (χ3v) is 3.63. The van der Waals surface area contributed by atoms with E-state index in [2.05, 4.69) is 20.2 Å². The molecule has 110 valence electrons. The summed E-state index contributed by atoms with van der Waals surface area (Å²) >= 11 is 5.96. The molecule has 0 saturated carbocycles. The summed E-state index contributed by atoms with van der Waals surface area (Å²) in [5.41, 5.74) is 1.36. The average molecular weight is 321 g/mol. The first-order valence-corrected chi connectivity index (χ1v) is 6.60. The van der Waals surface area contributed by atoms with Crippen molar-refractivity contribution in [3.8, 4) is 11.4 Å². The molecule has 3 heterocycles. The summed E-state index contributed by atoms with van der Waals surface area (Å²) in [4.78, 5) is 8.56. The molecular formula is C13H7ClF2N6. The topological polar surface area (TPSA) is 60.9 Å². The zero-order valence-corrected chi connectivity index (χ0v) is 11.9. The molecule has 0 aliphatic heterocycles. The van der Waals surface area contributed by atoms with Gasteiger partial charge in [0.1, 0.15) is 6.33 Å². The fourth-order valence-corrected chi connectivity index (χ4v) is 2.48. The van der Waals surface area contributed by atoms with Crippen LogP contribution in [0.15, 0.2) is 24.7 Å². The molecule has 0 aliphatic carbocycles. The van der Waals surface area contributed by atoms with Gasteiger partial charge >= 0.3 is 0 Å². The Morgan fingerprint density at radius 1 is 1.14 bits per heavy atom. The van der Waals surface area contributed by atoms with Crippen molar-refractivity contribution in [2.24, 2.45) is 7.05 Å². The Bertz CT molecular complexity index is 1040. The molecule has 0 atom stereocenters. The quantitative estimate of drug-likeness (QED) is 0.506. The lowest BCUT2D eigenvalue weighted by atomic mass is 10.2. The van der Waals surface area contributed by atoms with E-state index in [4.69, 9.17) is 11.6 Å². The lowest BCUT2D eigenvalue weighted by Gasteiger charge is -2.00. The zero-order valence-electron chi connectivity index (χ0n) is 11.1.